The van der Waals surface area contributed by atoms with E-state index in [-0.39, 0.29) is 17.7 Å². The van der Waals surface area contributed by atoms with Crippen LogP contribution in [0.4, 0.5) is 8.78 Å². The number of halogens is 3. The number of ether oxygens (including phenoxy) is 1. The third kappa shape index (κ3) is 4.29. The summed E-state index contributed by atoms with van der Waals surface area (Å²) in [5, 5.41) is 2.81. The number of aromatic amines is 1. The van der Waals surface area contributed by atoms with E-state index in [1.807, 2.05) is 0 Å². The molecule has 1 heterocycles. The minimum absolute atomic E-state index is 0.0839. The number of carbonyl (C=O) groups is 1. The molecule has 0 fully saturated rings. The Morgan fingerprint density at radius 2 is 2.00 bits per heavy atom. The van der Waals surface area contributed by atoms with Crippen LogP contribution in [0, 0.1) is 0 Å². The maximum absolute atomic E-state index is 12.1. The molecule has 0 aliphatic heterocycles. The zero-order chi connectivity index (χ0) is 15.4. The Labute approximate surface area is 128 Å². The van der Waals surface area contributed by atoms with Gasteiger partial charge in [-0.1, -0.05) is 12.1 Å². The molecule has 2 N–H and O–H groups in total. The number of alkyl halides is 2. The number of rotatable bonds is 5. The van der Waals surface area contributed by atoms with Gasteiger partial charge in [-0.25, -0.2) is 0 Å². The summed E-state index contributed by atoms with van der Waals surface area (Å²) in [7, 11) is 0. The van der Waals surface area contributed by atoms with Gasteiger partial charge in [0.1, 0.15) is 11.4 Å². The quantitative estimate of drug-likeness (QED) is 0.852. The lowest BCUT2D eigenvalue weighted by molar-refractivity contribution is -0.0498. The predicted octanol–water partition coefficient (Wildman–Crippen LogP) is 3.87. The molecule has 7 heteroatoms. The number of benzene rings is 1. The monoisotopic (exact) mass is 358 g/mol. The van der Waals surface area contributed by atoms with Crippen molar-refractivity contribution >= 4 is 21.8 Å². The highest BCUT2D eigenvalue weighted by atomic mass is 79.9. The van der Waals surface area contributed by atoms with E-state index in [1.54, 1.807) is 31.3 Å². The standard InChI is InChI=1S/C14H13BrF2N2O2/c1-8(19-13(20)12-6-10(15)7-18-12)9-2-4-11(5-3-9)21-14(16)17/h2-8,14,18H,1H3,(H,19,20). The number of hydrogen-bond acceptors (Lipinski definition) is 2. The van der Waals surface area contributed by atoms with Crippen molar-refractivity contribution in [2.45, 2.75) is 19.6 Å². The van der Waals surface area contributed by atoms with E-state index >= 15 is 0 Å². The van der Waals surface area contributed by atoms with Crippen LogP contribution in [0.5, 0.6) is 5.75 Å². The van der Waals surface area contributed by atoms with Crippen molar-refractivity contribution < 1.29 is 18.3 Å². The second-order valence-corrected chi connectivity index (χ2v) is 5.29. The predicted molar refractivity (Wildman–Crippen MR) is 77.4 cm³/mol. The third-order valence-corrected chi connectivity index (χ3v) is 3.30. The summed E-state index contributed by atoms with van der Waals surface area (Å²) < 4.78 is 29.2. The zero-order valence-corrected chi connectivity index (χ0v) is 12.7. The zero-order valence-electron chi connectivity index (χ0n) is 11.1. The van der Waals surface area contributed by atoms with Gasteiger partial charge in [0.05, 0.1) is 6.04 Å². The van der Waals surface area contributed by atoms with Crippen LogP contribution in [0.15, 0.2) is 41.0 Å². The van der Waals surface area contributed by atoms with Gasteiger partial charge in [0.25, 0.3) is 5.91 Å². The molecule has 21 heavy (non-hydrogen) atoms. The summed E-state index contributed by atoms with van der Waals surface area (Å²) in [6.45, 7) is -1.04. The number of H-pyrrole nitrogens is 1. The van der Waals surface area contributed by atoms with Crippen LogP contribution in [0.25, 0.3) is 0 Å². The van der Waals surface area contributed by atoms with Crippen molar-refractivity contribution in [2.75, 3.05) is 0 Å². The summed E-state index contributed by atoms with van der Waals surface area (Å²) in [4.78, 5) is 14.8. The van der Waals surface area contributed by atoms with E-state index in [2.05, 4.69) is 31.0 Å². The second kappa shape index (κ2) is 6.71. The lowest BCUT2D eigenvalue weighted by Gasteiger charge is -2.14. The van der Waals surface area contributed by atoms with Crippen LogP contribution in [0.1, 0.15) is 29.0 Å². The maximum Gasteiger partial charge on any atom is 0.387 e. The molecule has 0 aliphatic carbocycles. The average molecular weight is 359 g/mol. The Morgan fingerprint density at radius 3 is 2.52 bits per heavy atom. The molecule has 2 aromatic rings. The SMILES string of the molecule is CC(NC(=O)c1cc(Br)c[nH]1)c1ccc(OC(F)F)cc1. The molecule has 1 atom stereocenters. The van der Waals surface area contributed by atoms with E-state index in [9.17, 15) is 13.6 Å². The van der Waals surface area contributed by atoms with Crippen LogP contribution >= 0.6 is 15.9 Å². The molecule has 1 aromatic heterocycles. The van der Waals surface area contributed by atoms with E-state index in [0.717, 1.165) is 10.0 Å². The number of hydrogen-bond donors (Lipinski definition) is 2. The van der Waals surface area contributed by atoms with Gasteiger partial charge >= 0.3 is 6.61 Å². The third-order valence-electron chi connectivity index (χ3n) is 2.85. The van der Waals surface area contributed by atoms with Crippen molar-refractivity contribution in [3.63, 3.8) is 0 Å². The molecule has 4 nitrogen and oxygen atoms in total. The molecule has 112 valence electrons. The highest BCUT2D eigenvalue weighted by Gasteiger charge is 2.13. The van der Waals surface area contributed by atoms with Gasteiger partial charge in [-0.3, -0.25) is 4.79 Å². The second-order valence-electron chi connectivity index (χ2n) is 4.37. The maximum atomic E-state index is 12.1. The minimum atomic E-state index is -2.85. The van der Waals surface area contributed by atoms with Crippen molar-refractivity contribution in [3.8, 4) is 5.75 Å². The highest BCUT2D eigenvalue weighted by molar-refractivity contribution is 9.10. The Bertz CT molecular complexity index is 614. The average Bonchev–Trinajstić information content (AvgIpc) is 2.85. The van der Waals surface area contributed by atoms with Crippen LogP contribution in [-0.4, -0.2) is 17.5 Å². The summed E-state index contributed by atoms with van der Waals surface area (Å²) >= 11 is 3.25. The molecule has 0 bridgehead atoms. The Hall–Kier alpha value is -1.89. The molecular formula is C14H13BrF2N2O2. The molecule has 0 radical (unpaired) electrons. The first kappa shape index (κ1) is 15.5. The molecule has 1 aromatic carbocycles. The molecule has 0 saturated heterocycles. The molecular weight excluding hydrogens is 346 g/mol. The van der Waals surface area contributed by atoms with Crippen LogP contribution < -0.4 is 10.1 Å². The van der Waals surface area contributed by atoms with Gasteiger partial charge in [0.2, 0.25) is 0 Å². The molecule has 2 rings (SSSR count). The smallest absolute Gasteiger partial charge is 0.387 e. The van der Waals surface area contributed by atoms with Gasteiger partial charge in [0.15, 0.2) is 0 Å². The lowest BCUT2D eigenvalue weighted by Crippen LogP contribution is -2.26. The summed E-state index contributed by atoms with van der Waals surface area (Å²) in [6.07, 6.45) is 1.66. The summed E-state index contributed by atoms with van der Waals surface area (Å²) in [5.41, 5.74) is 1.22. The van der Waals surface area contributed by atoms with Gasteiger partial charge in [-0.15, -0.1) is 0 Å². The Morgan fingerprint density at radius 1 is 1.33 bits per heavy atom. The lowest BCUT2D eigenvalue weighted by atomic mass is 10.1. The van der Waals surface area contributed by atoms with E-state index < -0.39 is 6.61 Å². The highest BCUT2D eigenvalue weighted by Crippen LogP contribution is 2.19. The molecule has 0 aliphatic rings. The minimum Gasteiger partial charge on any atom is -0.435 e. The van der Waals surface area contributed by atoms with Gasteiger partial charge in [-0.05, 0) is 46.6 Å². The summed E-state index contributed by atoms with van der Waals surface area (Å²) in [6, 6.07) is 7.55. The Kier molecular flexibility index (Phi) is 4.95. The Balaban J connectivity index is 1.99. The van der Waals surface area contributed by atoms with Crippen molar-refractivity contribution in [1.82, 2.24) is 10.3 Å². The normalized spacial score (nSPS) is 12.2. The first-order chi connectivity index (χ1) is 9.95. The first-order valence-corrected chi connectivity index (χ1v) is 6.94. The molecule has 1 unspecified atom stereocenters. The molecule has 0 spiro atoms. The van der Waals surface area contributed by atoms with Crippen LogP contribution in [0.3, 0.4) is 0 Å². The molecule has 1 amide bonds. The number of carbonyl (C=O) groups excluding carboxylic acids is 1. The number of aromatic nitrogens is 1. The van der Waals surface area contributed by atoms with Gasteiger partial charge < -0.3 is 15.0 Å². The van der Waals surface area contributed by atoms with Crippen molar-refractivity contribution in [1.29, 1.82) is 0 Å². The summed E-state index contributed by atoms with van der Waals surface area (Å²) in [5.74, 6) is -0.165. The topological polar surface area (TPSA) is 54.1 Å². The van der Waals surface area contributed by atoms with E-state index in [4.69, 9.17) is 0 Å². The fourth-order valence-corrected chi connectivity index (χ4v) is 2.14. The van der Waals surface area contributed by atoms with E-state index in [1.165, 1.54) is 12.1 Å². The first-order valence-electron chi connectivity index (χ1n) is 6.15. The largest absolute Gasteiger partial charge is 0.435 e. The van der Waals surface area contributed by atoms with Gasteiger partial charge in [0, 0.05) is 10.7 Å². The fraction of sp³-hybridized carbons (Fsp3) is 0.214. The van der Waals surface area contributed by atoms with Crippen LogP contribution in [-0.2, 0) is 0 Å². The van der Waals surface area contributed by atoms with Crippen LogP contribution in [0.2, 0.25) is 0 Å². The number of nitrogens with one attached hydrogen (secondary N) is 2. The fourth-order valence-electron chi connectivity index (χ4n) is 1.79. The number of amides is 1. The van der Waals surface area contributed by atoms with E-state index in [0.29, 0.717) is 5.69 Å². The van der Waals surface area contributed by atoms with Crippen molar-refractivity contribution in [3.05, 3.63) is 52.3 Å². The van der Waals surface area contributed by atoms with Crippen molar-refractivity contribution in [2.24, 2.45) is 0 Å². The van der Waals surface area contributed by atoms with Gasteiger partial charge in [-0.2, -0.15) is 8.78 Å². The molecule has 0 saturated carbocycles.